The highest BCUT2D eigenvalue weighted by atomic mass is 16.2. The Bertz CT molecular complexity index is 152. The Morgan fingerprint density at radius 1 is 1.23 bits per heavy atom. The Labute approximate surface area is 82.1 Å². The molecule has 0 saturated carbocycles. The summed E-state index contributed by atoms with van der Waals surface area (Å²) >= 11 is 0. The highest BCUT2D eigenvalue weighted by Crippen LogP contribution is 2.23. The fourth-order valence-electron chi connectivity index (χ4n) is 1.33. The summed E-state index contributed by atoms with van der Waals surface area (Å²) in [4.78, 5) is 11.5. The lowest BCUT2D eigenvalue weighted by molar-refractivity contribution is -0.129. The van der Waals surface area contributed by atoms with E-state index in [1.165, 1.54) is 12.8 Å². The van der Waals surface area contributed by atoms with Crippen LogP contribution in [0.3, 0.4) is 0 Å². The minimum atomic E-state index is -0.189. The second-order valence-corrected chi connectivity index (χ2v) is 4.20. The quantitative estimate of drug-likeness (QED) is 0.633. The van der Waals surface area contributed by atoms with E-state index in [2.05, 4.69) is 12.2 Å². The molecule has 78 valence electrons. The molecule has 0 spiro atoms. The molecule has 0 saturated heterocycles. The molecule has 0 aromatic carbocycles. The summed E-state index contributed by atoms with van der Waals surface area (Å²) in [7, 11) is 0. The summed E-state index contributed by atoms with van der Waals surface area (Å²) in [5.74, 6) is 0.186. The maximum atomic E-state index is 11.5. The molecule has 0 fully saturated rings. The van der Waals surface area contributed by atoms with Gasteiger partial charge >= 0.3 is 0 Å². The lowest BCUT2D eigenvalue weighted by Gasteiger charge is -2.22. The van der Waals surface area contributed by atoms with Crippen LogP contribution in [0.4, 0.5) is 0 Å². The smallest absolute Gasteiger partial charge is 0.225 e. The first kappa shape index (κ1) is 12.5. The predicted molar refractivity (Wildman–Crippen MR) is 56.6 cm³/mol. The molecule has 1 amide bonds. The van der Waals surface area contributed by atoms with Gasteiger partial charge in [0.05, 0.1) is 0 Å². The van der Waals surface area contributed by atoms with Gasteiger partial charge < -0.3 is 5.32 Å². The molecular weight excluding hydrogens is 162 g/mol. The van der Waals surface area contributed by atoms with E-state index in [0.29, 0.717) is 0 Å². The lowest BCUT2D eigenvalue weighted by atomic mass is 9.86. The van der Waals surface area contributed by atoms with Crippen molar-refractivity contribution in [2.75, 3.05) is 6.54 Å². The number of amides is 1. The molecule has 0 unspecified atom stereocenters. The minimum Gasteiger partial charge on any atom is -0.356 e. The fraction of sp³-hybridized carbons (Fsp3) is 0.909. The van der Waals surface area contributed by atoms with Gasteiger partial charge in [-0.25, -0.2) is 0 Å². The third-order valence-electron chi connectivity index (χ3n) is 2.36. The topological polar surface area (TPSA) is 29.1 Å². The van der Waals surface area contributed by atoms with E-state index in [4.69, 9.17) is 0 Å². The van der Waals surface area contributed by atoms with Gasteiger partial charge in [0, 0.05) is 12.0 Å². The van der Waals surface area contributed by atoms with Gasteiger partial charge in [-0.15, -0.1) is 0 Å². The van der Waals surface area contributed by atoms with Crippen molar-refractivity contribution in [3.8, 4) is 0 Å². The van der Waals surface area contributed by atoms with Crippen molar-refractivity contribution in [3.05, 3.63) is 0 Å². The summed E-state index contributed by atoms with van der Waals surface area (Å²) in [6.07, 6.45) is 4.58. The first-order chi connectivity index (χ1) is 6.04. The number of carbonyl (C=O) groups is 1. The molecule has 0 rings (SSSR count). The van der Waals surface area contributed by atoms with Crippen LogP contribution >= 0.6 is 0 Å². The SMILES string of the molecule is CCCCCC(C)(C)C(=O)NCC. The van der Waals surface area contributed by atoms with Crippen molar-refractivity contribution >= 4 is 5.91 Å². The first-order valence-corrected chi connectivity index (χ1v) is 5.33. The molecular formula is C11H23NO. The summed E-state index contributed by atoms with van der Waals surface area (Å²) in [6.45, 7) is 8.91. The summed E-state index contributed by atoms with van der Waals surface area (Å²) in [5, 5.41) is 2.87. The predicted octanol–water partition coefficient (Wildman–Crippen LogP) is 2.73. The Morgan fingerprint density at radius 3 is 2.31 bits per heavy atom. The van der Waals surface area contributed by atoms with Crippen molar-refractivity contribution in [1.82, 2.24) is 5.32 Å². The van der Waals surface area contributed by atoms with Crippen LogP contribution in [-0.4, -0.2) is 12.5 Å². The lowest BCUT2D eigenvalue weighted by Crippen LogP contribution is -2.36. The van der Waals surface area contributed by atoms with Gasteiger partial charge in [-0.3, -0.25) is 4.79 Å². The summed E-state index contributed by atoms with van der Waals surface area (Å²) < 4.78 is 0. The molecule has 0 aliphatic carbocycles. The van der Waals surface area contributed by atoms with Crippen molar-refractivity contribution < 1.29 is 4.79 Å². The normalized spacial score (nSPS) is 11.4. The molecule has 0 atom stereocenters. The fourth-order valence-corrected chi connectivity index (χ4v) is 1.33. The Kier molecular flexibility index (Phi) is 5.76. The second kappa shape index (κ2) is 6.01. The molecule has 1 N–H and O–H groups in total. The molecule has 0 aromatic heterocycles. The van der Waals surface area contributed by atoms with Crippen LogP contribution in [-0.2, 0) is 4.79 Å². The van der Waals surface area contributed by atoms with Crippen LogP contribution in [0.25, 0.3) is 0 Å². The van der Waals surface area contributed by atoms with Gasteiger partial charge in [0.15, 0.2) is 0 Å². The summed E-state index contributed by atoms with van der Waals surface area (Å²) in [6, 6.07) is 0. The molecule has 0 aliphatic rings. The Morgan fingerprint density at radius 2 is 1.85 bits per heavy atom. The first-order valence-electron chi connectivity index (χ1n) is 5.33. The number of rotatable bonds is 6. The van der Waals surface area contributed by atoms with E-state index >= 15 is 0 Å². The molecule has 13 heavy (non-hydrogen) atoms. The number of hydrogen-bond acceptors (Lipinski definition) is 1. The standard InChI is InChI=1S/C11H23NO/c1-5-7-8-9-11(3,4)10(13)12-6-2/h5-9H2,1-4H3,(H,12,13). The highest BCUT2D eigenvalue weighted by Gasteiger charge is 2.25. The maximum absolute atomic E-state index is 11.5. The number of unbranched alkanes of at least 4 members (excludes halogenated alkanes) is 2. The number of nitrogens with one attached hydrogen (secondary N) is 1. The van der Waals surface area contributed by atoms with Crippen LogP contribution in [0.2, 0.25) is 0 Å². The zero-order valence-electron chi connectivity index (χ0n) is 9.44. The third kappa shape index (κ3) is 4.91. The monoisotopic (exact) mass is 185 g/mol. The van der Waals surface area contributed by atoms with Crippen molar-refractivity contribution in [3.63, 3.8) is 0 Å². The zero-order chi connectivity index (χ0) is 10.3. The van der Waals surface area contributed by atoms with Crippen LogP contribution in [0.5, 0.6) is 0 Å². The van der Waals surface area contributed by atoms with Crippen LogP contribution in [0.15, 0.2) is 0 Å². The largest absolute Gasteiger partial charge is 0.356 e. The van der Waals surface area contributed by atoms with Crippen molar-refractivity contribution in [2.24, 2.45) is 5.41 Å². The van der Waals surface area contributed by atoms with Gasteiger partial charge in [-0.1, -0.05) is 40.0 Å². The van der Waals surface area contributed by atoms with Gasteiger partial charge in [-0.05, 0) is 13.3 Å². The second-order valence-electron chi connectivity index (χ2n) is 4.20. The molecule has 2 nitrogen and oxygen atoms in total. The molecule has 0 heterocycles. The van der Waals surface area contributed by atoms with Crippen molar-refractivity contribution in [2.45, 2.75) is 53.4 Å². The number of hydrogen-bond donors (Lipinski definition) is 1. The Hall–Kier alpha value is -0.530. The molecule has 0 aliphatic heterocycles. The van der Waals surface area contributed by atoms with E-state index < -0.39 is 0 Å². The zero-order valence-corrected chi connectivity index (χ0v) is 9.44. The molecule has 2 heteroatoms. The Balaban J connectivity index is 3.83. The minimum absolute atomic E-state index is 0.186. The average molecular weight is 185 g/mol. The van der Waals surface area contributed by atoms with Crippen LogP contribution < -0.4 is 5.32 Å². The third-order valence-corrected chi connectivity index (χ3v) is 2.36. The average Bonchev–Trinajstić information content (AvgIpc) is 2.05. The molecule has 0 aromatic rings. The maximum Gasteiger partial charge on any atom is 0.225 e. The molecule has 0 radical (unpaired) electrons. The van der Waals surface area contributed by atoms with Gasteiger partial charge in [-0.2, -0.15) is 0 Å². The van der Waals surface area contributed by atoms with Crippen molar-refractivity contribution in [1.29, 1.82) is 0 Å². The van der Waals surface area contributed by atoms with Gasteiger partial charge in [0.1, 0.15) is 0 Å². The van der Waals surface area contributed by atoms with E-state index in [1.807, 2.05) is 20.8 Å². The molecule has 0 bridgehead atoms. The van der Waals surface area contributed by atoms with Crippen LogP contribution in [0, 0.1) is 5.41 Å². The van der Waals surface area contributed by atoms with E-state index in [1.54, 1.807) is 0 Å². The summed E-state index contributed by atoms with van der Waals surface area (Å²) in [5.41, 5.74) is -0.189. The van der Waals surface area contributed by atoms with E-state index in [0.717, 1.165) is 19.4 Å². The highest BCUT2D eigenvalue weighted by molar-refractivity contribution is 5.81. The van der Waals surface area contributed by atoms with E-state index in [-0.39, 0.29) is 11.3 Å². The van der Waals surface area contributed by atoms with Crippen LogP contribution in [0.1, 0.15) is 53.4 Å². The number of carbonyl (C=O) groups excluding carboxylic acids is 1. The van der Waals surface area contributed by atoms with Gasteiger partial charge in [0.25, 0.3) is 0 Å². The van der Waals surface area contributed by atoms with Gasteiger partial charge in [0.2, 0.25) is 5.91 Å². The van der Waals surface area contributed by atoms with E-state index in [9.17, 15) is 4.79 Å².